The Morgan fingerprint density at radius 3 is 2.65 bits per heavy atom. The number of aromatic nitrogens is 1. The summed E-state index contributed by atoms with van der Waals surface area (Å²) in [6.45, 7) is 0.694. The molecule has 4 rings (SSSR count). The summed E-state index contributed by atoms with van der Waals surface area (Å²) in [5.41, 5.74) is 3.09. The largest absolute Gasteiger partial charge is 0.467 e. The molecule has 7 heteroatoms. The van der Waals surface area contributed by atoms with Crippen LogP contribution >= 0.6 is 0 Å². The first-order valence-electron chi connectivity index (χ1n) is 10.4. The molecule has 1 fully saturated rings. The molecule has 1 atom stereocenters. The van der Waals surface area contributed by atoms with Crippen molar-refractivity contribution < 1.29 is 19.1 Å². The van der Waals surface area contributed by atoms with Crippen LogP contribution in [-0.4, -0.2) is 42.5 Å². The predicted molar refractivity (Wildman–Crippen MR) is 118 cm³/mol. The van der Waals surface area contributed by atoms with E-state index in [0.29, 0.717) is 24.9 Å². The van der Waals surface area contributed by atoms with Gasteiger partial charge in [0.1, 0.15) is 6.04 Å². The Bertz CT molecular complexity index is 1100. The smallest absolute Gasteiger partial charge is 0.328 e. The number of aromatic amines is 1. The van der Waals surface area contributed by atoms with Crippen LogP contribution in [0.5, 0.6) is 0 Å². The molecule has 2 aromatic carbocycles. The average molecular weight is 419 g/mol. The minimum Gasteiger partial charge on any atom is -0.467 e. The van der Waals surface area contributed by atoms with Crippen LogP contribution in [0.25, 0.3) is 10.9 Å². The number of carbonyl (C=O) groups excluding carboxylic acids is 3. The van der Waals surface area contributed by atoms with Gasteiger partial charge in [0, 0.05) is 47.7 Å². The molecule has 0 saturated carbocycles. The molecule has 0 aliphatic carbocycles. The summed E-state index contributed by atoms with van der Waals surface area (Å²) >= 11 is 0. The van der Waals surface area contributed by atoms with Gasteiger partial charge in [-0.15, -0.1) is 0 Å². The molecule has 0 radical (unpaired) electrons. The van der Waals surface area contributed by atoms with Crippen LogP contribution in [0.3, 0.4) is 0 Å². The van der Waals surface area contributed by atoms with Crippen LogP contribution < -0.4 is 10.2 Å². The van der Waals surface area contributed by atoms with Crippen LogP contribution in [0, 0.1) is 0 Å². The number of amides is 2. The third-order valence-electron chi connectivity index (χ3n) is 5.65. The van der Waals surface area contributed by atoms with Gasteiger partial charge in [-0.1, -0.05) is 18.2 Å². The quantitative estimate of drug-likeness (QED) is 0.600. The number of anilines is 1. The van der Waals surface area contributed by atoms with Crippen LogP contribution in [0.15, 0.2) is 54.7 Å². The summed E-state index contributed by atoms with van der Waals surface area (Å²) in [5, 5.41) is 3.79. The first kappa shape index (κ1) is 20.7. The second-order valence-corrected chi connectivity index (χ2v) is 7.66. The van der Waals surface area contributed by atoms with Crippen molar-refractivity contribution in [3.05, 3.63) is 65.9 Å². The minimum atomic E-state index is -0.819. The van der Waals surface area contributed by atoms with Crippen LogP contribution in [0.1, 0.15) is 35.2 Å². The lowest BCUT2D eigenvalue weighted by Crippen LogP contribution is -2.43. The van der Waals surface area contributed by atoms with E-state index in [1.165, 1.54) is 7.11 Å². The van der Waals surface area contributed by atoms with E-state index in [0.717, 1.165) is 35.0 Å². The van der Waals surface area contributed by atoms with Crippen LogP contribution in [-0.2, 0) is 20.7 Å². The summed E-state index contributed by atoms with van der Waals surface area (Å²) in [4.78, 5) is 42.2. The SMILES string of the molecule is COC(=O)C(Cc1c[nH]c2ccccc12)NC(=O)c1ccc(N2CCCCC2=O)cc1. The number of piperidine rings is 1. The molecule has 2 N–H and O–H groups in total. The van der Waals surface area contributed by atoms with Crippen molar-refractivity contribution in [2.24, 2.45) is 0 Å². The number of nitrogens with one attached hydrogen (secondary N) is 2. The highest BCUT2D eigenvalue weighted by Gasteiger charge is 2.24. The molecule has 1 saturated heterocycles. The molecular weight excluding hydrogens is 394 g/mol. The Labute approximate surface area is 180 Å². The van der Waals surface area contributed by atoms with Gasteiger partial charge < -0.3 is 19.9 Å². The third-order valence-corrected chi connectivity index (χ3v) is 5.65. The highest BCUT2D eigenvalue weighted by atomic mass is 16.5. The molecule has 160 valence electrons. The summed E-state index contributed by atoms with van der Waals surface area (Å²) in [6, 6.07) is 13.9. The van der Waals surface area contributed by atoms with Gasteiger partial charge in [-0.05, 0) is 48.7 Å². The number of fused-ring (bicyclic) bond motifs is 1. The zero-order valence-electron chi connectivity index (χ0n) is 17.4. The molecular formula is C24H25N3O4. The molecule has 1 aliphatic rings. The molecule has 1 aromatic heterocycles. The topological polar surface area (TPSA) is 91.5 Å². The highest BCUT2D eigenvalue weighted by molar-refractivity contribution is 5.98. The van der Waals surface area contributed by atoms with Crippen molar-refractivity contribution in [3.63, 3.8) is 0 Å². The molecule has 0 bridgehead atoms. The van der Waals surface area contributed by atoms with Crippen LogP contribution in [0.4, 0.5) is 5.69 Å². The number of benzene rings is 2. The molecule has 1 unspecified atom stereocenters. The monoisotopic (exact) mass is 419 g/mol. The highest BCUT2D eigenvalue weighted by Crippen LogP contribution is 2.22. The Morgan fingerprint density at radius 1 is 1.13 bits per heavy atom. The molecule has 3 aromatic rings. The van der Waals surface area contributed by atoms with E-state index in [-0.39, 0.29) is 11.8 Å². The summed E-state index contributed by atoms with van der Waals surface area (Å²) in [5.74, 6) is -0.770. The Balaban J connectivity index is 1.48. The average Bonchev–Trinajstić information content (AvgIpc) is 3.21. The number of hydrogen-bond acceptors (Lipinski definition) is 4. The minimum absolute atomic E-state index is 0.105. The number of methoxy groups -OCH3 is 1. The maximum absolute atomic E-state index is 12.8. The predicted octanol–water partition coefficient (Wildman–Crippen LogP) is 3.20. The Hall–Kier alpha value is -3.61. The molecule has 7 nitrogen and oxygen atoms in total. The lowest BCUT2D eigenvalue weighted by Gasteiger charge is -2.26. The second kappa shape index (κ2) is 9.04. The van der Waals surface area contributed by atoms with E-state index < -0.39 is 12.0 Å². The molecule has 2 heterocycles. The fourth-order valence-corrected chi connectivity index (χ4v) is 3.97. The van der Waals surface area contributed by atoms with Gasteiger partial charge in [0.15, 0.2) is 0 Å². The van der Waals surface area contributed by atoms with Gasteiger partial charge in [-0.2, -0.15) is 0 Å². The van der Waals surface area contributed by atoms with Gasteiger partial charge in [0.05, 0.1) is 7.11 Å². The lowest BCUT2D eigenvalue weighted by atomic mass is 10.0. The fourth-order valence-electron chi connectivity index (χ4n) is 3.97. The molecule has 0 spiro atoms. The van der Waals surface area contributed by atoms with Gasteiger partial charge >= 0.3 is 5.97 Å². The van der Waals surface area contributed by atoms with E-state index >= 15 is 0 Å². The number of carbonyl (C=O) groups is 3. The number of rotatable bonds is 6. The summed E-state index contributed by atoms with van der Waals surface area (Å²) < 4.78 is 4.91. The maximum atomic E-state index is 12.8. The van der Waals surface area contributed by atoms with Crippen molar-refractivity contribution in [3.8, 4) is 0 Å². The molecule has 31 heavy (non-hydrogen) atoms. The molecule has 2 amide bonds. The first-order valence-corrected chi connectivity index (χ1v) is 10.4. The normalized spacial score (nSPS) is 15.0. The molecule has 1 aliphatic heterocycles. The number of H-pyrrole nitrogens is 1. The Kier molecular flexibility index (Phi) is 6.02. The van der Waals surface area contributed by atoms with E-state index in [9.17, 15) is 14.4 Å². The number of esters is 1. The van der Waals surface area contributed by atoms with Crippen molar-refractivity contribution in [1.82, 2.24) is 10.3 Å². The maximum Gasteiger partial charge on any atom is 0.328 e. The van der Waals surface area contributed by atoms with Gasteiger partial charge in [0.25, 0.3) is 5.91 Å². The summed E-state index contributed by atoms with van der Waals surface area (Å²) in [7, 11) is 1.31. The van der Waals surface area contributed by atoms with Crippen molar-refractivity contribution in [2.75, 3.05) is 18.6 Å². The summed E-state index contributed by atoms with van der Waals surface area (Å²) in [6.07, 6.45) is 4.60. The van der Waals surface area contributed by atoms with Gasteiger partial charge in [-0.25, -0.2) is 4.79 Å². The fraction of sp³-hybridized carbons (Fsp3) is 0.292. The van der Waals surface area contributed by atoms with Gasteiger partial charge in [-0.3, -0.25) is 9.59 Å². The number of ether oxygens (including phenoxy) is 1. The Morgan fingerprint density at radius 2 is 1.90 bits per heavy atom. The standard InChI is InChI=1S/C24H25N3O4/c1-31-24(30)21(14-17-15-25-20-7-3-2-6-19(17)20)26-23(29)16-9-11-18(12-10-16)27-13-5-4-8-22(27)28/h2-3,6-7,9-12,15,21,25H,4-5,8,13-14H2,1H3,(H,26,29). The van der Waals surface area contributed by atoms with Gasteiger partial charge in [0.2, 0.25) is 5.91 Å². The van der Waals surface area contributed by atoms with E-state index in [1.54, 1.807) is 29.2 Å². The number of nitrogens with zero attached hydrogens (tertiary/aromatic N) is 1. The lowest BCUT2D eigenvalue weighted by molar-refractivity contribution is -0.142. The van der Waals surface area contributed by atoms with E-state index in [4.69, 9.17) is 4.74 Å². The van der Waals surface area contributed by atoms with Crippen LogP contribution in [0.2, 0.25) is 0 Å². The zero-order chi connectivity index (χ0) is 21.8. The third kappa shape index (κ3) is 4.45. The number of para-hydroxylation sites is 1. The number of hydrogen-bond donors (Lipinski definition) is 2. The van der Waals surface area contributed by atoms with E-state index in [2.05, 4.69) is 10.3 Å². The second-order valence-electron chi connectivity index (χ2n) is 7.66. The van der Waals surface area contributed by atoms with Crippen molar-refractivity contribution in [1.29, 1.82) is 0 Å². The van der Waals surface area contributed by atoms with Crippen molar-refractivity contribution >= 4 is 34.4 Å². The zero-order valence-corrected chi connectivity index (χ0v) is 17.4. The van der Waals surface area contributed by atoms with Crippen molar-refractivity contribution in [2.45, 2.75) is 31.7 Å². The first-order chi connectivity index (χ1) is 15.1. The van der Waals surface area contributed by atoms with E-state index in [1.807, 2.05) is 30.5 Å².